The van der Waals surface area contributed by atoms with Gasteiger partial charge < -0.3 is 10.2 Å². The van der Waals surface area contributed by atoms with E-state index < -0.39 is 11.9 Å². The lowest BCUT2D eigenvalue weighted by Crippen LogP contribution is -1.95. The van der Waals surface area contributed by atoms with Crippen molar-refractivity contribution in [1.29, 1.82) is 0 Å². The van der Waals surface area contributed by atoms with Gasteiger partial charge in [0.2, 0.25) is 0 Å². The smallest absolute Gasteiger partial charge is 0.330 e. The molecule has 0 aromatic rings. The highest BCUT2D eigenvalue weighted by Crippen LogP contribution is 2.12. The van der Waals surface area contributed by atoms with E-state index in [0.717, 1.165) is 25.7 Å². The molecule has 0 aliphatic carbocycles. The van der Waals surface area contributed by atoms with E-state index in [1.165, 1.54) is 89.9 Å². The first-order chi connectivity index (χ1) is 15.4. The van der Waals surface area contributed by atoms with E-state index >= 15 is 0 Å². The number of allylic oxidation sites excluding steroid dienone is 2. The minimum absolute atomic E-state index is 0.471. The monoisotopic (exact) mass is 452 g/mol. The Hall–Kier alpha value is -1.58. The molecular formula is C28H52O4. The van der Waals surface area contributed by atoms with Crippen LogP contribution in [0.3, 0.4) is 0 Å². The Morgan fingerprint density at radius 2 is 0.750 bits per heavy atom. The first-order valence-electron chi connectivity index (χ1n) is 13.2. The van der Waals surface area contributed by atoms with Crippen LogP contribution in [0, 0.1) is 0 Å². The molecule has 0 saturated carbocycles. The number of unbranched alkanes of at least 4 members (excludes halogenated alkanes) is 16. The van der Waals surface area contributed by atoms with Crippen LogP contribution in [0.4, 0.5) is 0 Å². The number of hydrogen-bond donors (Lipinski definition) is 2. The zero-order valence-electron chi connectivity index (χ0n) is 21.6. The Bertz CT molecular complexity index is 506. The van der Waals surface area contributed by atoms with Gasteiger partial charge in [-0.05, 0) is 39.5 Å². The summed E-state index contributed by atoms with van der Waals surface area (Å²) in [5.41, 5.74) is 0.949. The predicted octanol–water partition coefficient (Wildman–Crippen LogP) is 9.10. The van der Waals surface area contributed by atoms with Crippen molar-refractivity contribution in [3.8, 4) is 0 Å². The molecule has 0 bridgehead atoms. The number of carbonyl (C=O) groups is 2. The molecule has 0 fully saturated rings. The van der Waals surface area contributed by atoms with Crippen LogP contribution in [-0.2, 0) is 9.59 Å². The fourth-order valence-electron chi connectivity index (χ4n) is 3.37. The number of carboxylic acid groups (broad SMARTS) is 2. The third-order valence-corrected chi connectivity index (χ3v) is 5.69. The summed E-state index contributed by atoms with van der Waals surface area (Å²) in [4.78, 5) is 21.0. The minimum Gasteiger partial charge on any atom is -0.478 e. The second kappa shape index (κ2) is 25.7. The SMILES string of the molecule is CCCCCCCC/C=C(\C)C(=O)O.CCCCCCCCCCCC/C=C(\C)C(=O)O. The van der Waals surface area contributed by atoms with Crippen molar-refractivity contribution in [2.24, 2.45) is 0 Å². The van der Waals surface area contributed by atoms with Crippen molar-refractivity contribution in [2.45, 2.75) is 143 Å². The highest BCUT2D eigenvalue weighted by atomic mass is 16.4. The van der Waals surface area contributed by atoms with Crippen molar-refractivity contribution >= 4 is 11.9 Å². The quantitative estimate of drug-likeness (QED) is 0.143. The largest absolute Gasteiger partial charge is 0.478 e. The van der Waals surface area contributed by atoms with Crippen molar-refractivity contribution in [2.75, 3.05) is 0 Å². The van der Waals surface area contributed by atoms with Crippen molar-refractivity contribution in [3.63, 3.8) is 0 Å². The second-order valence-electron chi connectivity index (χ2n) is 8.91. The molecule has 0 saturated heterocycles. The van der Waals surface area contributed by atoms with Crippen LogP contribution >= 0.6 is 0 Å². The van der Waals surface area contributed by atoms with Gasteiger partial charge in [-0.3, -0.25) is 0 Å². The summed E-state index contributed by atoms with van der Waals surface area (Å²) in [5, 5.41) is 17.3. The standard InChI is InChI=1S/C16H30O2.C12H22O2/c1-3-4-5-6-7-8-9-10-11-12-13-14-15(2)16(17)18;1-3-4-5-6-7-8-9-10-11(2)12(13)14/h14H,3-13H2,1-2H3,(H,17,18);10H,3-9H2,1-2H3,(H,13,14)/b15-14+;11-10+. The summed E-state index contributed by atoms with van der Waals surface area (Å²) in [6.07, 6.45) is 26.3. The lowest BCUT2D eigenvalue weighted by molar-refractivity contribution is -0.133. The van der Waals surface area contributed by atoms with Gasteiger partial charge in [0.05, 0.1) is 0 Å². The summed E-state index contributed by atoms with van der Waals surface area (Å²) in [5.74, 6) is -1.59. The van der Waals surface area contributed by atoms with Crippen LogP contribution < -0.4 is 0 Å². The van der Waals surface area contributed by atoms with Crippen LogP contribution in [-0.4, -0.2) is 22.2 Å². The Balaban J connectivity index is 0. The lowest BCUT2D eigenvalue weighted by atomic mass is 10.1. The van der Waals surface area contributed by atoms with Gasteiger partial charge in [-0.25, -0.2) is 9.59 Å². The van der Waals surface area contributed by atoms with Gasteiger partial charge in [-0.15, -0.1) is 0 Å². The molecule has 0 aromatic heterocycles. The second-order valence-corrected chi connectivity index (χ2v) is 8.91. The number of rotatable bonds is 20. The molecule has 4 heteroatoms. The average molecular weight is 453 g/mol. The number of aliphatic carboxylic acids is 2. The summed E-state index contributed by atoms with van der Waals surface area (Å²) in [6, 6.07) is 0. The molecule has 0 spiro atoms. The summed E-state index contributed by atoms with van der Waals surface area (Å²) >= 11 is 0. The third-order valence-electron chi connectivity index (χ3n) is 5.69. The molecule has 0 amide bonds. The molecule has 0 aliphatic heterocycles. The summed E-state index contributed by atoms with van der Waals surface area (Å²) in [7, 11) is 0. The van der Waals surface area contributed by atoms with E-state index in [4.69, 9.17) is 10.2 Å². The topological polar surface area (TPSA) is 74.6 Å². The molecule has 0 atom stereocenters. The van der Waals surface area contributed by atoms with Crippen molar-refractivity contribution in [3.05, 3.63) is 23.3 Å². The first kappa shape index (κ1) is 32.6. The van der Waals surface area contributed by atoms with Crippen molar-refractivity contribution < 1.29 is 19.8 Å². The van der Waals surface area contributed by atoms with E-state index in [1.807, 2.05) is 12.2 Å². The molecule has 2 N–H and O–H groups in total. The van der Waals surface area contributed by atoms with Gasteiger partial charge in [0, 0.05) is 11.1 Å². The number of hydrogen-bond acceptors (Lipinski definition) is 2. The van der Waals surface area contributed by atoms with E-state index in [-0.39, 0.29) is 0 Å². The van der Waals surface area contributed by atoms with Gasteiger partial charge in [0.15, 0.2) is 0 Å². The van der Waals surface area contributed by atoms with E-state index in [2.05, 4.69) is 13.8 Å². The molecule has 0 heterocycles. The zero-order valence-corrected chi connectivity index (χ0v) is 21.6. The zero-order chi connectivity index (χ0) is 24.5. The van der Waals surface area contributed by atoms with Crippen LogP contribution in [0.1, 0.15) is 143 Å². The molecule has 0 aliphatic rings. The molecule has 32 heavy (non-hydrogen) atoms. The molecule has 4 nitrogen and oxygen atoms in total. The van der Waals surface area contributed by atoms with Crippen LogP contribution in [0.2, 0.25) is 0 Å². The molecule has 188 valence electrons. The van der Waals surface area contributed by atoms with E-state index in [0.29, 0.717) is 11.1 Å². The fourth-order valence-corrected chi connectivity index (χ4v) is 3.37. The number of carboxylic acids is 2. The summed E-state index contributed by atoms with van der Waals surface area (Å²) in [6.45, 7) is 7.78. The van der Waals surface area contributed by atoms with Gasteiger partial charge >= 0.3 is 11.9 Å². The molecule has 0 unspecified atom stereocenters. The van der Waals surface area contributed by atoms with Gasteiger partial charge in [0.1, 0.15) is 0 Å². The first-order valence-corrected chi connectivity index (χ1v) is 13.2. The summed E-state index contributed by atoms with van der Waals surface area (Å²) < 4.78 is 0. The Labute approximate surface area is 198 Å². The molecule has 0 rings (SSSR count). The van der Waals surface area contributed by atoms with E-state index in [9.17, 15) is 9.59 Å². The molecule has 0 aromatic carbocycles. The lowest BCUT2D eigenvalue weighted by Gasteiger charge is -2.01. The Morgan fingerprint density at radius 3 is 1.00 bits per heavy atom. The maximum absolute atomic E-state index is 10.5. The highest BCUT2D eigenvalue weighted by Gasteiger charge is 1.98. The Kier molecular flexibility index (Phi) is 26.2. The van der Waals surface area contributed by atoms with Crippen LogP contribution in [0.15, 0.2) is 23.3 Å². The highest BCUT2D eigenvalue weighted by molar-refractivity contribution is 5.86. The normalized spacial score (nSPS) is 11.8. The van der Waals surface area contributed by atoms with Gasteiger partial charge in [0.25, 0.3) is 0 Å². The van der Waals surface area contributed by atoms with Gasteiger partial charge in [-0.1, -0.05) is 116 Å². The average Bonchev–Trinajstić information content (AvgIpc) is 2.76. The Morgan fingerprint density at radius 1 is 0.500 bits per heavy atom. The molecule has 0 radical (unpaired) electrons. The fraction of sp³-hybridized carbons (Fsp3) is 0.786. The van der Waals surface area contributed by atoms with E-state index in [1.54, 1.807) is 13.8 Å². The maximum Gasteiger partial charge on any atom is 0.330 e. The third kappa shape index (κ3) is 26.5. The van der Waals surface area contributed by atoms with Crippen molar-refractivity contribution in [1.82, 2.24) is 0 Å². The van der Waals surface area contributed by atoms with Crippen LogP contribution in [0.25, 0.3) is 0 Å². The van der Waals surface area contributed by atoms with Gasteiger partial charge in [-0.2, -0.15) is 0 Å². The van der Waals surface area contributed by atoms with Crippen LogP contribution in [0.5, 0.6) is 0 Å². The maximum atomic E-state index is 10.5. The minimum atomic E-state index is -0.795. The predicted molar refractivity (Wildman–Crippen MR) is 137 cm³/mol. The molecular weight excluding hydrogens is 400 g/mol.